The minimum Gasteiger partial charge on any atom is -0.320 e. The van der Waals surface area contributed by atoms with Crippen molar-refractivity contribution in [1.82, 2.24) is 0 Å². The molecule has 0 aliphatic carbocycles. The molecule has 108 valence electrons. The van der Waals surface area contributed by atoms with E-state index in [4.69, 9.17) is 5.73 Å². The Morgan fingerprint density at radius 1 is 1.38 bits per heavy atom. The van der Waals surface area contributed by atoms with Gasteiger partial charge in [-0.3, -0.25) is 4.79 Å². The average Bonchev–Trinajstić information content (AvgIpc) is 2.74. The van der Waals surface area contributed by atoms with E-state index in [1.807, 2.05) is 44.2 Å². The topological polar surface area (TPSA) is 78.9 Å². The van der Waals surface area contributed by atoms with Crippen LogP contribution in [-0.2, 0) is 11.2 Å². The number of benzene rings is 1. The number of hydrogen-bond acceptors (Lipinski definition) is 4. The molecule has 0 unspecified atom stereocenters. The molecule has 2 rings (SSSR count). The Morgan fingerprint density at radius 2 is 2.05 bits per heavy atom. The molecule has 4 nitrogen and oxygen atoms in total. The van der Waals surface area contributed by atoms with Gasteiger partial charge in [-0.25, -0.2) is 0 Å². The van der Waals surface area contributed by atoms with Crippen molar-refractivity contribution in [3.8, 4) is 6.07 Å². The van der Waals surface area contributed by atoms with Crippen LogP contribution in [0.5, 0.6) is 0 Å². The van der Waals surface area contributed by atoms with Crippen molar-refractivity contribution in [1.29, 1.82) is 5.26 Å². The second-order valence-corrected chi connectivity index (χ2v) is 6.11. The van der Waals surface area contributed by atoms with Gasteiger partial charge in [0, 0.05) is 4.88 Å². The fraction of sp³-hybridized carbons (Fsp3) is 0.250. The summed E-state index contributed by atoms with van der Waals surface area (Å²) in [6, 6.07) is 11.1. The van der Waals surface area contributed by atoms with E-state index >= 15 is 0 Å². The lowest BCUT2D eigenvalue weighted by Gasteiger charge is -2.11. The second kappa shape index (κ2) is 6.53. The van der Waals surface area contributed by atoms with Crippen molar-refractivity contribution in [2.45, 2.75) is 26.3 Å². The number of carbonyl (C=O) groups is 1. The lowest BCUT2D eigenvalue weighted by atomic mass is 10.1. The van der Waals surface area contributed by atoms with Gasteiger partial charge >= 0.3 is 0 Å². The molecule has 0 aliphatic rings. The first-order valence-electron chi connectivity index (χ1n) is 6.63. The molecule has 0 saturated carbocycles. The Balaban J connectivity index is 2.08. The average molecular weight is 299 g/mol. The molecule has 3 N–H and O–H groups in total. The smallest absolute Gasteiger partial charge is 0.242 e. The molecule has 1 heterocycles. The summed E-state index contributed by atoms with van der Waals surface area (Å²) in [4.78, 5) is 13.2. The van der Waals surface area contributed by atoms with E-state index in [1.54, 1.807) is 0 Å². The van der Waals surface area contributed by atoms with Crippen LogP contribution in [0.2, 0.25) is 0 Å². The van der Waals surface area contributed by atoms with Crippen LogP contribution in [0.25, 0.3) is 0 Å². The van der Waals surface area contributed by atoms with Gasteiger partial charge in [0.15, 0.2) is 0 Å². The Labute approximate surface area is 128 Å². The number of hydrogen-bond donors (Lipinski definition) is 2. The van der Waals surface area contributed by atoms with Gasteiger partial charge < -0.3 is 11.1 Å². The molecule has 2 aromatic rings. The summed E-state index contributed by atoms with van der Waals surface area (Å²) in [6.07, 6.45) is 0.470. The maximum absolute atomic E-state index is 12.2. The number of nitrogens with two attached hydrogens (primary N) is 1. The highest BCUT2D eigenvalue weighted by Crippen LogP contribution is 2.31. The molecule has 1 aromatic heterocycles. The van der Waals surface area contributed by atoms with Gasteiger partial charge in [-0.2, -0.15) is 5.26 Å². The first-order chi connectivity index (χ1) is 10.0. The summed E-state index contributed by atoms with van der Waals surface area (Å²) >= 11 is 1.41. The summed E-state index contributed by atoms with van der Waals surface area (Å²) < 4.78 is 0. The Hall–Kier alpha value is -2.16. The summed E-state index contributed by atoms with van der Waals surface area (Å²) in [5, 5.41) is 12.5. The van der Waals surface area contributed by atoms with Crippen LogP contribution in [0.15, 0.2) is 30.3 Å². The number of carbonyl (C=O) groups excluding carboxylic acids is 1. The Bertz CT molecular complexity index is 686. The molecule has 0 bridgehead atoms. The number of nitriles is 1. The number of rotatable bonds is 4. The highest BCUT2D eigenvalue weighted by atomic mass is 32.1. The molecule has 21 heavy (non-hydrogen) atoms. The Kier molecular flexibility index (Phi) is 4.73. The summed E-state index contributed by atoms with van der Waals surface area (Å²) in [6.45, 7) is 3.81. The van der Waals surface area contributed by atoms with E-state index in [0.29, 0.717) is 17.0 Å². The number of amides is 1. The number of thiophene rings is 1. The third kappa shape index (κ3) is 3.48. The van der Waals surface area contributed by atoms with E-state index in [1.165, 1.54) is 11.3 Å². The number of nitrogens with zero attached hydrogens (tertiary/aromatic N) is 1. The van der Waals surface area contributed by atoms with Crippen molar-refractivity contribution in [3.05, 3.63) is 51.9 Å². The van der Waals surface area contributed by atoms with Gasteiger partial charge in [0.2, 0.25) is 5.91 Å². The summed E-state index contributed by atoms with van der Waals surface area (Å²) in [7, 11) is 0. The zero-order chi connectivity index (χ0) is 15.4. The largest absolute Gasteiger partial charge is 0.320 e. The van der Waals surface area contributed by atoms with Crippen LogP contribution < -0.4 is 11.1 Å². The lowest BCUT2D eigenvalue weighted by molar-refractivity contribution is -0.117. The molecule has 0 radical (unpaired) electrons. The molecule has 5 heteroatoms. The van der Waals surface area contributed by atoms with Crippen LogP contribution in [-0.4, -0.2) is 11.9 Å². The summed E-state index contributed by atoms with van der Waals surface area (Å²) in [5.74, 6) is -0.267. The molecule has 0 fully saturated rings. The van der Waals surface area contributed by atoms with Crippen molar-refractivity contribution in [2.75, 3.05) is 5.32 Å². The van der Waals surface area contributed by atoms with Gasteiger partial charge in [-0.05, 0) is 31.4 Å². The van der Waals surface area contributed by atoms with Gasteiger partial charge in [0.25, 0.3) is 0 Å². The van der Waals surface area contributed by atoms with E-state index in [2.05, 4.69) is 11.4 Å². The van der Waals surface area contributed by atoms with Gasteiger partial charge in [0.05, 0.1) is 11.6 Å². The second-order valence-electron chi connectivity index (χ2n) is 4.88. The maximum atomic E-state index is 12.2. The van der Waals surface area contributed by atoms with E-state index < -0.39 is 6.04 Å². The Morgan fingerprint density at radius 3 is 2.67 bits per heavy atom. The summed E-state index contributed by atoms with van der Waals surface area (Å²) in [5.41, 5.74) is 8.39. The van der Waals surface area contributed by atoms with Crippen LogP contribution in [0.4, 0.5) is 5.00 Å². The predicted molar refractivity (Wildman–Crippen MR) is 85.3 cm³/mol. The molecule has 0 saturated heterocycles. The molecular weight excluding hydrogens is 282 g/mol. The third-order valence-corrected chi connectivity index (χ3v) is 4.49. The molecular formula is C16H17N3OS. The standard InChI is InChI=1S/C16H17N3OS/c1-10-11(2)21-16(13(10)9-17)19-15(20)14(18)8-12-6-4-3-5-7-12/h3-7,14H,8,18H2,1-2H3,(H,19,20)/t14-/m1/s1. The number of nitrogens with one attached hydrogen (secondary N) is 1. The van der Waals surface area contributed by atoms with Crippen LogP contribution in [0.1, 0.15) is 21.6 Å². The third-order valence-electron chi connectivity index (χ3n) is 3.37. The molecule has 1 atom stereocenters. The van der Waals surface area contributed by atoms with E-state index in [9.17, 15) is 10.1 Å². The minimum atomic E-state index is -0.637. The molecule has 1 amide bonds. The molecule has 0 aliphatic heterocycles. The fourth-order valence-electron chi connectivity index (χ4n) is 2.01. The first kappa shape index (κ1) is 15.2. The normalized spacial score (nSPS) is 11.7. The highest BCUT2D eigenvalue weighted by Gasteiger charge is 2.19. The lowest BCUT2D eigenvalue weighted by Crippen LogP contribution is -2.37. The van der Waals surface area contributed by atoms with Crippen LogP contribution >= 0.6 is 11.3 Å². The minimum absolute atomic E-state index is 0.267. The van der Waals surface area contributed by atoms with E-state index in [0.717, 1.165) is 16.0 Å². The number of anilines is 1. The fourth-order valence-corrected chi connectivity index (χ4v) is 3.03. The molecule has 1 aromatic carbocycles. The first-order valence-corrected chi connectivity index (χ1v) is 7.45. The predicted octanol–water partition coefficient (Wildman–Crippen LogP) is 2.75. The van der Waals surface area contributed by atoms with Crippen molar-refractivity contribution in [3.63, 3.8) is 0 Å². The quantitative estimate of drug-likeness (QED) is 0.911. The zero-order valence-electron chi connectivity index (χ0n) is 12.0. The van der Waals surface area contributed by atoms with Crippen LogP contribution in [0, 0.1) is 25.2 Å². The highest BCUT2D eigenvalue weighted by molar-refractivity contribution is 7.16. The number of aryl methyl sites for hydroxylation is 1. The van der Waals surface area contributed by atoms with Crippen molar-refractivity contribution in [2.24, 2.45) is 5.73 Å². The van der Waals surface area contributed by atoms with Gasteiger partial charge in [-0.15, -0.1) is 11.3 Å². The zero-order valence-corrected chi connectivity index (χ0v) is 12.8. The van der Waals surface area contributed by atoms with Crippen molar-refractivity contribution < 1.29 is 4.79 Å². The SMILES string of the molecule is Cc1sc(NC(=O)[C@H](N)Cc2ccccc2)c(C#N)c1C. The maximum Gasteiger partial charge on any atom is 0.242 e. The van der Waals surface area contributed by atoms with Gasteiger partial charge in [0.1, 0.15) is 11.1 Å². The van der Waals surface area contributed by atoms with Crippen LogP contribution in [0.3, 0.4) is 0 Å². The molecule has 0 spiro atoms. The van der Waals surface area contributed by atoms with Gasteiger partial charge in [-0.1, -0.05) is 30.3 Å². The van der Waals surface area contributed by atoms with Crippen molar-refractivity contribution >= 4 is 22.2 Å². The monoisotopic (exact) mass is 299 g/mol. The van der Waals surface area contributed by atoms with E-state index in [-0.39, 0.29) is 5.91 Å².